The third-order valence-electron chi connectivity index (χ3n) is 2.83. The maximum absolute atomic E-state index is 11.9. The molecule has 0 atom stereocenters. The molecule has 0 unspecified atom stereocenters. The molecule has 0 fully saturated rings. The Labute approximate surface area is 83.9 Å². The topological polar surface area (TPSA) is 26.3 Å². The zero-order valence-electron chi connectivity index (χ0n) is 8.76. The van der Waals surface area contributed by atoms with Crippen LogP contribution in [0.5, 0.6) is 5.75 Å². The van der Waals surface area contributed by atoms with Gasteiger partial charge >= 0.3 is 0 Å². The normalized spacial score (nSPS) is 18.1. The molecule has 1 aliphatic carbocycles. The summed E-state index contributed by atoms with van der Waals surface area (Å²) in [5.74, 6) is 1.06. The fraction of sp³-hybridized carbons (Fsp3) is 0.417. The van der Waals surface area contributed by atoms with Gasteiger partial charge in [0.2, 0.25) is 0 Å². The van der Waals surface area contributed by atoms with Crippen LogP contribution < -0.4 is 4.74 Å². The van der Waals surface area contributed by atoms with E-state index >= 15 is 0 Å². The summed E-state index contributed by atoms with van der Waals surface area (Å²) in [4.78, 5) is 11.9. The summed E-state index contributed by atoms with van der Waals surface area (Å²) in [5.41, 5.74) is 1.62. The van der Waals surface area contributed by atoms with Crippen LogP contribution in [-0.2, 0) is 6.42 Å². The third kappa shape index (κ3) is 1.14. The zero-order chi connectivity index (χ0) is 10.3. The highest BCUT2D eigenvalue weighted by atomic mass is 16.5. The SMILES string of the molecule is COc1cccc2c1CC(C)(C)C2=O. The number of carbonyl (C=O) groups excluding carboxylic acids is 1. The summed E-state index contributed by atoms with van der Waals surface area (Å²) in [6.45, 7) is 3.96. The number of hydrogen-bond donors (Lipinski definition) is 0. The van der Waals surface area contributed by atoms with Gasteiger partial charge in [0, 0.05) is 16.5 Å². The number of benzene rings is 1. The Morgan fingerprint density at radius 3 is 2.71 bits per heavy atom. The molecule has 2 rings (SSSR count). The fourth-order valence-electron chi connectivity index (χ4n) is 2.04. The molecule has 0 aromatic heterocycles. The molecule has 0 saturated heterocycles. The molecule has 14 heavy (non-hydrogen) atoms. The van der Waals surface area contributed by atoms with Crippen molar-refractivity contribution in [3.8, 4) is 5.75 Å². The summed E-state index contributed by atoms with van der Waals surface area (Å²) in [6, 6.07) is 5.67. The molecule has 2 heteroatoms. The molecule has 0 spiro atoms. The van der Waals surface area contributed by atoms with E-state index in [-0.39, 0.29) is 11.2 Å². The molecule has 0 radical (unpaired) electrons. The van der Waals surface area contributed by atoms with Crippen molar-refractivity contribution in [2.24, 2.45) is 5.41 Å². The van der Waals surface area contributed by atoms with Crippen molar-refractivity contribution in [1.82, 2.24) is 0 Å². The molecule has 0 heterocycles. The molecule has 2 nitrogen and oxygen atoms in total. The maximum atomic E-state index is 11.9. The Hall–Kier alpha value is -1.31. The smallest absolute Gasteiger partial charge is 0.169 e. The van der Waals surface area contributed by atoms with E-state index in [1.54, 1.807) is 7.11 Å². The minimum atomic E-state index is -0.267. The molecule has 0 bridgehead atoms. The molecule has 0 amide bonds. The van der Waals surface area contributed by atoms with E-state index in [4.69, 9.17) is 4.74 Å². The van der Waals surface area contributed by atoms with E-state index in [1.165, 1.54) is 0 Å². The van der Waals surface area contributed by atoms with Crippen LogP contribution >= 0.6 is 0 Å². The fourth-order valence-corrected chi connectivity index (χ4v) is 2.04. The van der Waals surface area contributed by atoms with Crippen LogP contribution in [0, 0.1) is 5.41 Å². The molecule has 1 aromatic rings. The molecule has 0 aliphatic heterocycles. The molecule has 0 N–H and O–H groups in total. The minimum absolute atomic E-state index is 0.228. The number of hydrogen-bond acceptors (Lipinski definition) is 2. The number of carbonyl (C=O) groups is 1. The number of ether oxygens (including phenoxy) is 1. The highest BCUT2D eigenvalue weighted by Crippen LogP contribution is 2.40. The second-order valence-corrected chi connectivity index (χ2v) is 4.38. The first-order valence-electron chi connectivity index (χ1n) is 4.77. The van der Waals surface area contributed by atoms with E-state index in [1.807, 2.05) is 32.0 Å². The van der Waals surface area contributed by atoms with E-state index < -0.39 is 0 Å². The standard InChI is InChI=1S/C12H14O2/c1-12(2)7-9-8(11(12)13)5-4-6-10(9)14-3/h4-6H,7H2,1-3H3. The summed E-state index contributed by atoms with van der Waals surface area (Å²) in [5, 5.41) is 0. The Morgan fingerprint density at radius 1 is 1.36 bits per heavy atom. The molecular weight excluding hydrogens is 176 g/mol. The third-order valence-corrected chi connectivity index (χ3v) is 2.83. The van der Waals surface area contributed by atoms with Crippen LogP contribution in [-0.4, -0.2) is 12.9 Å². The highest BCUT2D eigenvalue weighted by molar-refractivity contribution is 6.05. The van der Waals surface area contributed by atoms with Crippen molar-refractivity contribution in [3.05, 3.63) is 29.3 Å². The van der Waals surface area contributed by atoms with Gasteiger partial charge in [-0.25, -0.2) is 0 Å². The van der Waals surface area contributed by atoms with Gasteiger partial charge in [-0.1, -0.05) is 26.0 Å². The number of rotatable bonds is 1. The molecule has 74 valence electrons. The first-order chi connectivity index (χ1) is 6.56. The largest absolute Gasteiger partial charge is 0.496 e. The first kappa shape index (κ1) is 9.25. The Morgan fingerprint density at radius 2 is 2.07 bits per heavy atom. The molecule has 1 aromatic carbocycles. The Kier molecular flexibility index (Phi) is 1.88. The van der Waals surface area contributed by atoms with E-state index in [2.05, 4.69) is 0 Å². The van der Waals surface area contributed by atoms with Crippen molar-refractivity contribution in [2.75, 3.05) is 7.11 Å². The van der Waals surface area contributed by atoms with Gasteiger partial charge in [-0.2, -0.15) is 0 Å². The van der Waals surface area contributed by atoms with Crippen molar-refractivity contribution in [2.45, 2.75) is 20.3 Å². The first-order valence-corrected chi connectivity index (χ1v) is 4.77. The number of fused-ring (bicyclic) bond motifs is 1. The number of methoxy groups -OCH3 is 1. The second kappa shape index (κ2) is 2.84. The van der Waals surface area contributed by atoms with Crippen LogP contribution in [0.2, 0.25) is 0 Å². The molecule has 1 aliphatic rings. The Bertz CT molecular complexity index is 391. The van der Waals surface area contributed by atoms with Gasteiger partial charge in [-0.05, 0) is 12.5 Å². The average Bonchev–Trinajstić information content (AvgIpc) is 2.38. The number of ketones is 1. The van der Waals surface area contributed by atoms with Crippen LogP contribution in [0.3, 0.4) is 0 Å². The molecular formula is C12H14O2. The van der Waals surface area contributed by atoms with Crippen molar-refractivity contribution in [3.63, 3.8) is 0 Å². The van der Waals surface area contributed by atoms with Gasteiger partial charge < -0.3 is 4.74 Å². The lowest BCUT2D eigenvalue weighted by Gasteiger charge is -2.13. The summed E-state index contributed by atoms with van der Waals surface area (Å²) < 4.78 is 5.25. The Balaban J connectivity index is 2.58. The summed E-state index contributed by atoms with van der Waals surface area (Å²) >= 11 is 0. The monoisotopic (exact) mass is 190 g/mol. The van der Waals surface area contributed by atoms with E-state index in [0.29, 0.717) is 0 Å². The average molecular weight is 190 g/mol. The van der Waals surface area contributed by atoms with Gasteiger partial charge in [0.1, 0.15) is 5.75 Å². The van der Waals surface area contributed by atoms with Crippen molar-refractivity contribution >= 4 is 5.78 Å². The van der Waals surface area contributed by atoms with Gasteiger partial charge in [0.25, 0.3) is 0 Å². The number of Topliss-reactive ketones (excluding diaryl/α,β-unsaturated/α-hetero) is 1. The van der Waals surface area contributed by atoms with Crippen molar-refractivity contribution in [1.29, 1.82) is 0 Å². The van der Waals surface area contributed by atoms with Crippen LogP contribution in [0.25, 0.3) is 0 Å². The van der Waals surface area contributed by atoms with Gasteiger partial charge in [-0.15, -0.1) is 0 Å². The van der Waals surface area contributed by atoms with Crippen LogP contribution in [0.1, 0.15) is 29.8 Å². The zero-order valence-corrected chi connectivity index (χ0v) is 8.76. The van der Waals surface area contributed by atoms with Gasteiger partial charge in [0.05, 0.1) is 7.11 Å². The summed E-state index contributed by atoms with van der Waals surface area (Å²) in [6.07, 6.45) is 0.783. The lowest BCUT2D eigenvalue weighted by atomic mass is 9.89. The van der Waals surface area contributed by atoms with Gasteiger partial charge in [-0.3, -0.25) is 4.79 Å². The lowest BCUT2D eigenvalue weighted by Crippen LogP contribution is -2.18. The van der Waals surface area contributed by atoms with Crippen molar-refractivity contribution < 1.29 is 9.53 Å². The van der Waals surface area contributed by atoms with Crippen LogP contribution in [0.4, 0.5) is 0 Å². The summed E-state index contributed by atoms with van der Waals surface area (Å²) in [7, 11) is 1.64. The van der Waals surface area contributed by atoms with Gasteiger partial charge in [0.15, 0.2) is 5.78 Å². The van der Waals surface area contributed by atoms with Crippen LogP contribution in [0.15, 0.2) is 18.2 Å². The predicted molar refractivity (Wildman–Crippen MR) is 54.8 cm³/mol. The second-order valence-electron chi connectivity index (χ2n) is 4.38. The minimum Gasteiger partial charge on any atom is -0.496 e. The van der Waals surface area contributed by atoms with E-state index in [0.717, 1.165) is 23.3 Å². The predicted octanol–water partition coefficient (Wildman–Crippen LogP) is 2.46. The maximum Gasteiger partial charge on any atom is 0.169 e. The lowest BCUT2D eigenvalue weighted by molar-refractivity contribution is 0.0863. The highest BCUT2D eigenvalue weighted by Gasteiger charge is 2.38. The van der Waals surface area contributed by atoms with E-state index in [9.17, 15) is 4.79 Å². The quantitative estimate of drug-likeness (QED) is 0.680. The molecule has 0 saturated carbocycles.